The Hall–Kier alpha value is -3.19. The van der Waals surface area contributed by atoms with Gasteiger partial charge in [-0.1, -0.05) is 42.5 Å². The maximum atomic E-state index is 13.8. The number of rotatable bonds is 6. The van der Waals surface area contributed by atoms with Gasteiger partial charge in [0.25, 0.3) is 15.9 Å². The number of carbonyl (C=O) groups is 1. The molecule has 0 heterocycles. The van der Waals surface area contributed by atoms with Gasteiger partial charge in [-0.2, -0.15) is 0 Å². The first-order valence-electron chi connectivity index (χ1n) is 8.53. The highest BCUT2D eigenvalue weighted by molar-refractivity contribution is 7.92. The summed E-state index contributed by atoms with van der Waals surface area (Å²) < 4.78 is 41.5. The highest BCUT2D eigenvalue weighted by Gasteiger charge is 2.19. The number of carbonyl (C=O) groups excluding carboxylic acids is 1. The minimum atomic E-state index is -3.84. The second-order valence-electron chi connectivity index (χ2n) is 6.25. The van der Waals surface area contributed by atoms with Gasteiger partial charge in [-0.15, -0.1) is 0 Å². The number of nitrogens with zero attached hydrogens (tertiary/aromatic N) is 1. The molecule has 7 heteroatoms. The smallest absolute Gasteiger partial charge is 0.261 e. The summed E-state index contributed by atoms with van der Waals surface area (Å²) in [6.45, 7) is 0.0742. The molecule has 0 spiro atoms. The Kier molecular flexibility index (Phi) is 5.75. The van der Waals surface area contributed by atoms with Crippen LogP contribution < -0.4 is 4.72 Å². The number of hydrogen-bond donors (Lipinski definition) is 1. The summed E-state index contributed by atoms with van der Waals surface area (Å²) in [7, 11) is -2.30. The van der Waals surface area contributed by atoms with Crippen molar-refractivity contribution in [3.8, 4) is 0 Å². The van der Waals surface area contributed by atoms with Crippen molar-refractivity contribution < 1.29 is 17.6 Å². The first-order valence-corrected chi connectivity index (χ1v) is 10.0. The van der Waals surface area contributed by atoms with Gasteiger partial charge in [-0.05, 0) is 36.4 Å². The second kappa shape index (κ2) is 8.22. The van der Waals surface area contributed by atoms with Gasteiger partial charge < -0.3 is 4.90 Å². The molecule has 0 aliphatic carbocycles. The summed E-state index contributed by atoms with van der Waals surface area (Å²) in [6, 6.07) is 20.4. The van der Waals surface area contributed by atoms with Gasteiger partial charge in [0.05, 0.1) is 4.90 Å². The van der Waals surface area contributed by atoms with Crippen LogP contribution in [0.2, 0.25) is 0 Å². The molecule has 0 saturated heterocycles. The van der Waals surface area contributed by atoms with E-state index in [1.54, 1.807) is 48.5 Å². The molecule has 0 saturated carbocycles. The number of anilines is 1. The van der Waals surface area contributed by atoms with Crippen LogP contribution in [0.5, 0.6) is 0 Å². The van der Waals surface area contributed by atoms with Crippen LogP contribution in [0.25, 0.3) is 0 Å². The molecule has 0 fully saturated rings. The Morgan fingerprint density at radius 2 is 1.64 bits per heavy atom. The molecule has 3 rings (SSSR count). The Labute approximate surface area is 163 Å². The fourth-order valence-electron chi connectivity index (χ4n) is 2.69. The van der Waals surface area contributed by atoms with E-state index >= 15 is 0 Å². The summed E-state index contributed by atoms with van der Waals surface area (Å²) in [5, 5.41) is 0. The zero-order valence-electron chi connectivity index (χ0n) is 15.2. The van der Waals surface area contributed by atoms with Crippen LogP contribution in [0.3, 0.4) is 0 Å². The fourth-order valence-corrected chi connectivity index (χ4v) is 3.79. The van der Waals surface area contributed by atoms with Gasteiger partial charge in [0.1, 0.15) is 5.82 Å². The van der Waals surface area contributed by atoms with Crippen LogP contribution in [0.1, 0.15) is 15.9 Å². The molecule has 0 aliphatic heterocycles. The summed E-state index contributed by atoms with van der Waals surface area (Å²) in [6.07, 6.45) is 0. The lowest BCUT2D eigenvalue weighted by Gasteiger charge is -2.18. The second-order valence-corrected chi connectivity index (χ2v) is 7.93. The minimum Gasteiger partial charge on any atom is -0.337 e. The predicted octanol–water partition coefficient (Wildman–Crippen LogP) is 3.90. The average Bonchev–Trinajstić information content (AvgIpc) is 2.69. The molecule has 3 aromatic carbocycles. The van der Waals surface area contributed by atoms with E-state index in [4.69, 9.17) is 0 Å². The van der Waals surface area contributed by atoms with Crippen molar-refractivity contribution in [3.63, 3.8) is 0 Å². The Balaban J connectivity index is 1.80. The quantitative estimate of drug-likeness (QED) is 0.685. The average molecular weight is 398 g/mol. The minimum absolute atomic E-state index is 0.0264. The molecule has 0 aliphatic rings. The zero-order valence-corrected chi connectivity index (χ0v) is 16.0. The largest absolute Gasteiger partial charge is 0.337 e. The monoisotopic (exact) mass is 398 g/mol. The first kappa shape index (κ1) is 19.6. The topological polar surface area (TPSA) is 66.5 Å². The fraction of sp³-hybridized carbons (Fsp3) is 0.0952. The predicted molar refractivity (Wildman–Crippen MR) is 106 cm³/mol. The van der Waals surface area contributed by atoms with Crippen molar-refractivity contribution in [1.82, 2.24) is 4.90 Å². The third kappa shape index (κ3) is 4.55. The molecule has 144 valence electrons. The van der Waals surface area contributed by atoms with E-state index in [0.29, 0.717) is 11.3 Å². The summed E-state index contributed by atoms with van der Waals surface area (Å²) in [5.74, 6) is -0.800. The number of halogens is 1. The number of benzene rings is 3. The lowest BCUT2D eigenvalue weighted by Crippen LogP contribution is -2.27. The van der Waals surface area contributed by atoms with E-state index in [2.05, 4.69) is 4.72 Å². The van der Waals surface area contributed by atoms with Gasteiger partial charge in [0, 0.05) is 30.4 Å². The Morgan fingerprint density at radius 3 is 2.36 bits per heavy atom. The highest BCUT2D eigenvalue weighted by atomic mass is 32.2. The Morgan fingerprint density at radius 1 is 0.964 bits per heavy atom. The summed E-state index contributed by atoms with van der Waals surface area (Å²) in [5.41, 5.74) is 1.01. The molecule has 0 atom stereocenters. The number of hydrogen-bond acceptors (Lipinski definition) is 3. The van der Waals surface area contributed by atoms with Crippen molar-refractivity contribution in [2.24, 2.45) is 0 Å². The molecular weight excluding hydrogens is 379 g/mol. The molecule has 0 radical (unpaired) electrons. The van der Waals surface area contributed by atoms with E-state index in [1.807, 2.05) is 0 Å². The molecular formula is C21H19FN2O3S. The number of amides is 1. The van der Waals surface area contributed by atoms with E-state index in [-0.39, 0.29) is 17.0 Å². The van der Waals surface area contributed by atoms with Crippen LogP contribution in [-0.2, 0) is 16.6 Å². The number of para-hydroxylation sites is 1. The van der Waals surface area contributed by atoms with E-state index in [0.717, 1.165) is 0 Å². The van der Waals surface area contributed by atoms with Gasteiger partial charge in [0.2, 0.25) is 0 Å². The van der Waals surface area contributed by atoms with Crippen LogP contribution >= 0.6 is 0 Å². The number of sulfonamides is 1. The molecule has 3 aromatic rings. The zero-order chi connectivity index (χ0) is 20.1. The lowest BCUT2D eigenvalue weighted by molar-refractivity contribution is 0.0783. The maximum Gasteiger partial charge on any atom is 0.261 e. The molecule has 0 bridgehead atoms. The standard InChI is InChI=1S/C21H19FN2O3S/c1-24(15-17-8-5-6-13-20(17)22)21(25)16-9-7-12-19(14-16)28(26,27)23-18-10-3-2-4-11-18/h2-14,23H,15H2,1H3. The van der Waals surface area contributed by atoms with Crippen LogP contribution in [-0.4, -0.2) is 26.3 Å². The lowest BCUT2D eigenvalue weighted by atomic mass is 10.1. The van der Waals surface area contributed by atoms with Crippen molar-refractivity contribution in [2.75, 3.05) is 11.8 Å². The van der Waals surface area contributed by atoms with Gasteiger partial charge in [-0.3, -0.25) is 9.52 Å². The highest BCUT2D eigenvalue weighted by Crippen LogP contribution is 2.18. The molecule has 28 heavy (non-hydrogen) atoms. The Bertz CT molecular complexity index is 1090. The molecule has 0 unspecified atom stereocenters. The summed E-state index contributed by atoms with van der Waals surface area (Å²) in [4.78, 5) is 14.0. The van der Waals surface area contributed by atoms with E-state index < -0.39 is 21.7 Å². The van der Waals surface area contributed by atoms with Crippen molar-refractivity contribution in [1.29, 1.82) is 0 Å². The van der Waals surface area contributed by atoms with Crippen molar-refractivity contribution in [2.45, 2.75) is 11.4 Å². The van der Waals surface area contributed by atoms with Gasteiger partial charge >= 0.3 is 0 Å². The van der Waals surface area contributed by atoms with Crippen molar-refractivity contribution in [3.05, 3.63) is 95.8 Å². The van der Waals surface area contributed by atoms with Crippen LogP contribution in [0.15, 0.2) is 83.8 Å². The van der Waals surface area contributed by atoms with Gasteiger partial charge in [-0.25, -0.2) is 12.8 Å². The van der Waals surface area contributed by atoms with Crippen molar-refractivity contribution >= 4 is 21.6 Å². The normalized spacial score (nSPS) is 11.1. The van der Waals surface area contributed by atoms with E-state index in [1.165, 1.54) is 42.3 Å². The van der Waals surface area contributed by atoms with Crippen LogP contribution in [0, 0.1) is 5.82 Å². The first-order chi connectivity index (χ1) is 13.4. The maximum absolute atomic E-state index is 13.8. The summed E-state index contributed by atoms with van der Waals surface area (Å²) >= 11 is 0. The van der Waals surface area contributed by atoms with Crippen LogP contribution in [0.4, 0.5) is 10.1 Å². The third-order valence-corrected chi connectivity index (χ3v) is 5.51. The molecule has 1 amide bonds. The molecule has 0 aromatic heterocycles. The SMILES string of the molecule is CN(Cc1ccccc1F)C(=O)c1cccc(S(=O)(=O)Nc2ccccc2)c1. The van der Waals surface area contributed by atoms with Gasteiger partial charge in [0.15, 0.2) is 0 Å². The number of nitrogens with one attached hydrogen (secondary N) is 1. The third-order valence-electron chi connectivity index (χ3n) is 4.13. The molecule has 5 nitrogen and oxygen atoms in total. The van der Waals surface area contributed by atoms with E-state index in [9.17, 15) is 17.6 Å². The molecule has 1 N–H and O–H groups in total.